The van der Waals surface area contributed by atoms with Crippen molar-refractivity contribution < 1.29 is 9.90 Å². The van der Waals surface area contributed by atoms with E-state index in [1.54, 1.807) is 6.07 Å². The Kier molecular flexibility index (Phi) is 4.83. The molecule has 0 heterocycles. The number of carboxylic acid groups (broad SMARTS) is 1. The van der Waals surface area contributed by atoms with E-state index in [0.717, 1.165) is 14.5 Å². The predicted molar refractivity (Wildman–Crippen MR) is 87.4 cm³/mol. The highest BCUT2D eigenvalue weighted by Crippen LogP contribution is 2.26. The fraction of sp³-hybridized carbons (Fsp3) is 0.133. The lowest BCUT2D eigenvalue weighted by Gasteiger charge is -2.22. The monoisotopic (exact) mass is 397 g/mol. The van der Waals surface area contributed by atoms with E-state index in [-0.39, 0.29) is 5.56 Å². The summed E-state index contributed by atoms with van der Waals surface area (Å²) >= 11 is 6.81. The number of carboxylic acids is 1. The summed E-state index contributed by atoms with van der Waals surface area (Å²) in [6.45, 7) is 0.628. The third kappa shape index (κ3) is 3.41. The smallest absolute Gasteiger partial charge is 0.337 e. The number of benzene rings is 2. The Morgan fingerprint density at radius 2 is 1.90 bits per heavy atom. The molecule has 2 rings (SSSR count). The van der Waals surface area contributed by atoms with Crippen LogP contribution in [-0.4, -0.2) is 18.1 Å². The van der Waals surface area contributed by atoms with Crippen LogP contribution in [0.3, 0.4) is 0 Å². The molecule has 0 aromatic heterocycles. The molecule has 104 valence electrons. The summed E-state index contributed by atoms with van der Waals surface area (Å²) < 4.78 is 1.77. The minimum atomic E-state index is -0.930. The molecule has 2 aromatic rings. The van der Waals surface area contributed by atoms with Gasteiger partial charge in [-0.15, -0.1) is 0 Å². The maximum atomic E-state index is 11.3. The number of anilines is 1. The molecule has 0 spiro atoms. The van der Waals surface area contributed by atoms with Crippen molar-refractivity contribution in [2.24, 2.45) is 0 Å². The maximum Gasteiger partial charge on any atom is 0.337 e. The Balaban J connectivity index is 2.32. The molecule has 0 aliphatic carbocycles. The fourth-order valence-corrected chi connectivity index (χ4v) is 2.75. The second-order valence-corrected chi connectivity index (χ2v) is 6.18. The van der Waals surface area contributed by atoms with E-state index in [2.05, 4.69) is 31.9 Å². The first-order valence-electron chi connectivity index (χ1n) is 5.96. The van der Waals surface area contributed by atoms with E-state index in [9.17, 15) is 9.90 Å². The Hall–Kier alpha value is -1.33. The predicted octanol–water partition coefficient (Wildman–Crippen LogP) is 4.55. The quantitative estimate of drug-likeness (QED) is 0.821. The Bertz CT molecular complexity index is 644. The Morgan fingerprint density at radius 1 is 1.20 bits per heavy atom. The molecule has 0 aliphatic heterocycles. The van der Waals surface area contributed by atoms with Crippen LogP contribution in [0.25, 0.3) is 0 Å². The average molecular weight is 399 g/mol. The van der Waals surface area contributed by atoms with Gasteiger partial charge in [0.2, 0.25) is 0 Å². The van der Waals surface area contributed by atoms with Gasteiger partial charge >= 0.3 is 5.97 Å². The first-order chi connectivity index (χ1) is 9.49. The first-order valence-corrected chi connectivity index (χ1v) is 7.55. The summed E-state index contributed by atoms with van der Waals surface area (Å²) in [4.78, 5) is 13.3. The van der Waals surface area contributed by atoms with Gasteiger partial charge in [0.05, 0.1) is 11.3 Å². The standard InChI is InChI=1S/C15H13Br2NO2/c1-18(9-10-4-2-3-5-13(10)17)14-7-6-11(16)8-12(14)15(19)20/h2-8H,9H2,1H3,(H,19,20). The Labute approximate surface area is 134 Å². The van der Waals surface area contributed by atoms with Gasteiger partial charge < -0.3 is 10.0 Å². The van der Waals surface area contributed by atoms with E-state index in [1.807, 2.05) is 48.3 Å². The van der Waals surface area contributed by atoms with Crippen molar-refractivity contribution in [2.75, 3.05) is 11.9 Å². The van der Waals surface area contributed by atoms with Crippen LogP contribution in [0, 0.1) is 0 Å². The van der Waals surface area contributed by atoms with E-state index >= 15 is 0 Å². The van der Waals surface area contributed by atoms with Gasteiger partial charge in [0.25, 0.3) is 0 Å². The molecular formula is C15H13Br2NO2. The summed E-state index contributed by atoms with van der Waals surface area (Å²) in [5.41, 5.74) is 2.08. The van der Waals surface area contributed by atoms with Crippen LogP contribution in [-0.2, 0) is 6.54 Å². The van der Waals surface area contributed by atoms with Crippen molar-refractivity contribution in [3.05, 3.63) is 62.5 Å². The number of carbonyl (C=O) groups is 1. The highest BCUT2D eigenvalue weighted by molar-refractivity contribution is 9.10. The van der Waals surface area contributed by atoms with Crippen LogP contribution >= 0.6 is 31.9 Å². The van der Waals surface area contributed by atoms with Crippen molar-refractivity contribution >= 4 is 43.5 Å². The Morgan fingerprint density at radius 3 is 2.55 bits per heavy atom. The summed E-state index contributed by atoms with van der Waals surface area (Å²) in [6.07, 6.45) is 0. The summed E-state index contributed by atoms with van der Waals surface area (Å²) in [6, 6.07) is 13.2. The SMILES string of the molecule is CN(Cc1ccccc1Br)c1ccc(Br)cc1C(=O)O. The summed E-state index contributed by atoms with van der Waals surface area (Å²) in [5.74, 6) is -0.930. The van der Waals surface area contributed by atoms with E-state index in [4.69, 9.17) is 0 Å². The second kappa shape index (κ2) is 6.41. The molecule has 20 heavy (non-hydrogen) atoms. The average Bonchev–Trinajstić information content (AvgIpc) is 2.41. The summed E-state index contributed by atoms with van der Waals surface area (Å²) in [7, 11) is 1.88. The fourth-order valence-electron chi connectivity index (χ4n) is 1.98. The van der Waals surface area contributed by atoms with Crippen LogP contribution in [0.15, 0.2) is 51.4 Å². The van der Waals surface area contributed by atoms with Crippen LogP contribution < -0.4 is 4.90 Å². The highest BCUT2D eigenvalue weighted by Gasteiger charge is 2.14. The third-order valence-corrected chi connectivity index (χ3v) is 4.23. The lowest BCUT2D eigenvalue weighted by molar-refractivity contribution is 0.0697. The second-order valence-electron chi connectivity index (χ2n) is 4.41. The van der Waals surface area contributed by atoms with Crippen LogP contribution in [0.4, 0.5) is 5.69 Å². The van der Waals surface area contributed by atoms with E-state index in [1.165, 1.54) is 0 Å². The molecule has 3 nitrogen and oxygen atoms in total. The number of hydrogen-bond acceptors (Lipinski definition) is 2. The molecule has 0 fully saturated rings. The molecular weight excluding hydrogens is 386 g/mol. The number of aromatic carboxylic acids is 1. The van der Waals surface area contributed by atoms with Gasteiger partial charge in [0.15, 0.2) is 0 Å². The molecule has 0 aliphatic rings. The van der Waals surface area contributed by atoms with Gasteiger partial charge in [-0.25, -0.2) is 4.79 Å². The maximum absolute atomic E-state index is 11.3. The molecule has 0 bridgehead atoms. The molecule has 5 heteroatoms. The minimum absolute atomic E-state index is 0.286. The largest absolute Gasteiger partial charge is 0.478 e. The number of hydrogen-bond donors (Lipinski definition) is 1. The zero-order valence-electron chi connectivity index (χ0n) is 10.8. The zero-order chi connectivity index (χ0) is 14.7. The van der Waals surface area contributed by atoms with Gasteiger partial charge in [-0.2, -0.15) is 0 Å². The van der Waals surface area contributed by atoms with Gasteiger partial charge in [-0.05, 0) is 29.8 Å². The molecule has 0 amide bonds. The van der Waals surface area contributed by atoms with Crippen LogP contribution in [0.5, 0.6) is 0 Å². The van der Waals surface area contributed by atoms with Gasteiger partial charge in [0.1, 0.15) is 0 Å². The lowest BCUT2D eigenvalue weighted by Crippen LogP contribution is -2.19. The first kappa shape index (κ1) is 15.1. The molecule has 0 saturated heterocycles. The molecule has 0 saturated carbocycles. The highest BCUT2D eigenvalue weighted by atomic mass is 79.9. The van der Waals surface area contributed by atoms with E-state index in [0.29, 0.717) is 12.2 Å². The van der Waals surface area contributed by atoms with Gasteiger partial charge in [0, 0.05) is 22.5 Å². The number of halogens is 2. The molecule has 0 atom stereocenters. The third-order valence-electron chi connectivity index (χ3n) is 2.97. The minimum Gasteiger partial charge on any atom is -0.478 e. The molecule has 1 N–H and O–H groups in total. The van der Waals surface area contributed by atoms with Crippen molar-refractivity contribution in [3.8, 4) is 0 Å². The van der Waals surface area contributed by atoms with Crippen molar-refractivity contribution in [3.63, 3.8) is 0 Å². The topological polar surface area (TPSA) is 40.5 Å². The van der Waals surface area contributed by atoms with Gasteiger partial charge in [-0.3, -0.25) is 0 Å². The van der Waals surface area contributed by atoms with Crippen LogP contribution in [0.1, 0.15) is 15.9 Å². The number of rotatable bonds is 4. The van der Waals surface area contributed by atoms with E-state index < -0.39 is 5.97 Å². The summed E-state index contributed by atoms with van der Waals surface area (Å²) in [5, 5.41) is 9.30. The van der Waals surface area contributed by atoms with Gasteiger partial charge in [-0.1, -0.05) is 50.1 Å². The zero-order valence-corrected chi connectivity index (χ0v) is 14.0. The van der Waals surface area contributed by atoms with Crippen molar-refractivity contribution in [2.45, 2.75) is 6.54 Å². The molecule has 0 radical (unpaired) electrons. The molecule has 2 aromatic carbocycles. The number of nitrogens with zero attached hydrogens (tertiary/aromatic N) is 1. The van der Waals surface area contributed by atoms with Crippen LogP contribution in [0.2, 0.25) is 0 Å². The normalized spacial score (nSPS) is 10.3. The van der Waals surface area contributed by atoms with Crippen molar-refractivity contribution in [1.82, 2.24) is 0 Å². The van der Waals surface area contributed by atoms with Crippen molar-refractivity contribution in [1.29, 1.82) is 0 Å². The lowest BCUT2D eigenvalue weighted by atomic mass is 10.1. The molecule has 0 unspecified atom stereocenters.